The van der Waals surface area contributed by atoms with Gasteiger partial charge in [0.1, 0.15) is 17.4 Å². The van der Waals surface area contributed by atoms with E-state index in [-0.39, 0.29) is 13.1 Å². The van der Waals surface area contributed by atoms with E-state index in [1.165, 1.54) is 11.9 Å². The van der Waals surface area contributed by atoms with Crippen LogP contribution in [0.1, 0.15) is 11.1 Å². The molecule has 0 spiro atoms. The summed E-state index contributed by atoms with van der Waals surface area (Å²) < 4.78 is 5.83. The van der Waals surface area contributed by atoms with Crippen LogP contribution in [0.25, 0.3) is 0 Å². The Kier molecular flexibility index (Phi) is 5.02. The van der Waals surface area contributed by atoms with E-state index in [4.69, 9.17) is 4.74 Å². The van der Waals surface area contributed by atoms with Gasteiger partial charge in [-0.3, -0.25) is 14.4 Å². The number of likely N-dealkylation sites (N-methyl/N-ethyl adjacent to an activating group) is 1. The number of nitrogens with one attached hydrogen (secondary N) is 1. The van der Waals surface area contributed by atoms with E-state index in [0.717, 1.165) is 16.9 Å². The van der Waals surface area contributed by atoms with Gasteiger partial charge in [0.05, 0.1) is 0 Å². The smallest absolute Gasteiger partial charge is 0.290 e. The normalized spacial score (nSPS) is 16.7. The van der Waals surface area contributed by atoms with E-state index >= 15 is 0 Å². The minimum Gasteiger partial charge on any atom is -0.457 e. The number of nitrogens with zero attached hydrogens (tertiary/aromatic N) is 1. The maximum Gasteiger partial charge on any atom is 0.290 e. The Morgan fingerprint density at radius 1 is 1.15 bits per heavy atom. The quantitative estimate of drug-likeness (QED) is 0.660. The first kappa shape index (κ1) is 17.7. The molecule has 6 nitrogen and oxygen atoms in total. The zero-order chi connectivity index (χ0) is 18.7. The number of hydrogen-bond acceptors (Lipinski definition) is 4. The fourth-order valence-corrected chi connectivity index (χ4v) is 2.76. The number of likely N-dealkylation sites (tertiary alicyclic amines) is 1. The molecule has 1 saturated heterocycles. The van der Waals surface area contributed by atoms with Crippen LogP contribution in [0.5, 0.6) is 11.5 Å². The molecule has 0 radical (unpaired) electrons. The Hall–Kier alpha value is -3.15. The molecular formula is C20H20N2O4. The van der Waals surface area contributed by atoms with Crippen molar-refractivity contribution in [2.45, 2.75) is 13.5 Å². The predicted molar refractivity (Wildman–Crippen MR) is 95.7 cm³/mol. The third-order valence-electron chi connectivity index (χ3n) is 4.36. The number of carbonyl (C=O) groups is 3. The van der Waals surface area contributed by atoms with Crippen molar-refractivity contribution in [3.8, 4) is 11.5 Å². The van der Waals surface area contributed by atoms with Crippen LogP contribution in [0.3, 0.4) is 0 Å². The van der Waals surface area contributed by atoms with Crippen LogP contribution in [-0.2, 0) is 20.9 Å². The van der Waals surface area contributed by atoms with Gasteiger partial charge in [0.2, 0.25) is 11.7 Å². The van der Waals surface area contributed by atoms with Gasteiger partial charge in [-0.2, -0.15) is 0 Å². The monoisotopic (exact) mass is 352 g/mol. The molecular weight excluding hydrogens is 332 g/mol. The van der Waals surface area contributed by atoms with E-state index in [2.05, 4.69) is 5.32 Å². The van der Waals surface area contributed by atoms with E-state index in [0.29, 0.717) is 5.75 Å². The second kappa shape index (κ2) is 7.39. The van der Waals surface area contributed by atoms with Crippen molar-refractivity contribution in [3.05, 3.63) is 59.7 Å². The van der Waals surface area contributed by atoms with Gasteiger partial charge in [0.25, 0.3) is 5.91 Å². The molecule has 2 aromatic carbocycles. The number of ketones is 1. The molecule has 1 fully saturated rings. The molecule has 0 bridgehead atoms. The fourth-order valence-electron chi connectivity index (χ4n) is 2.76. The maximum atomic E-state index is 12.1. The first-order chi connectivity index (χ1) is 12.5. The summed E-state index contributed by atoms with van der Waals surface area (Å²) in [5.41, 5.74) is 1.92. The lowest BCUT2D eigenvalue weighted by Gasteiger charge is -2.11. The summed E-state index contributed by atoms with van der Waals surface area (Å²) in [4.78, 5) is 36.6. The van der Waals surface area contributed by atoms with Crippen molar-refractivity contribution in [3.63, 3.8) is 0 Å². The van der Waals surface area contributed by atoms with Crippen molar-refractivity contribution in [2.24, 2.45) is 5.92 Å². The van der Waals surface area contributed by atoms with Crippen molar-refractivity contribution in [2.75, 3.05) is 13.6 Å². The number of Topliss-reactive ketones (excluding diaryl/α,β-unsaturated/α-hetero) is 1. The minimum atomic E-state index is -0.920. The minimum absolute atomic E-state index is 0.132. The van der Waals surface area contributed by atoms with Crippen molar-refractivity contribution < 1.29 is 19.1 Å². The molecule has 26 heavy (non-hydrogen) atoms. The van der Waals surface area contributed by atoms with Crippen molar-refractivity contribution in [1.29, 1.82) is 0 Å². The van der Waals surface area contributed by atoms with Crippen LogP contribution in [-0.4, -0.2) is 36.1 Å². The molecule has 1 heterocycles. The SMILES string of the molecule is Cc1ccccc1Oc1ccc(CNC(=O)C2CN(C)C(=O)C2=O)cc1. The Morgan fingerprint density at radius 2 is 1.85 bits per heavy atom. The number of aryl methyl sites for hydroxylation is 1. The van der Waals surface area contributed by atoms with Crippen molar-refractivity contribution in [1.82, 2.24) is 10.2 Å². The molecule has 0 aliphatic carbocycles. The largest absolute Gasteiger partial charge is 0.457 e. The third kappa shape index (κ3) is 3.74. The van der Waals surface area contributed by atoms with Gasteiger partial charge in [0.15, 0.2) is 0 Å². The van der Waals surface area contributed by atoms with Gasteiger partial charge < -0.3 is 15.0 Å². The number of ether oxygens (including phenoxy) is 1. The van der Waals surface area contributed by atoms with Crippen molar-refractivity contribution >= 4 is 17.6 Å². The van der Waals surface area contributed by atoms with Crippen LogP contribution in [0.4, 0.5) is 0 Å². The fraction of sp³-hybridized carbons (Fsp3) is 0.250. The van der Waals surface area contributed by atoms with Crippen LogP contribution < -0.4 is 10.1 Å². The highest BCUT2D eigenvalue weighted by Crippen LogP contribution is 2.24. The molecule has 1 unspecified atom stereocenters. The average Bonchev–Trinajstić information content (AvgIpc) is 2.90. The summed E-state index contributed by atoms with van der Waals surface area (Å²) in [7, 11) is 1.51. The highest BCUT2D eigenvalue weighted by atomic mass is 16.5. The lowest BCUT2D eigenvalue weighted by Crippen LogP contribution is -2.35. The highest BCUT2D eigenvalue weighted by molar-refractivity contribution is 6.42. The molecule has 6 heteroatoms. The molecule has 1 aliphatic rings. The third-order valence-corrected chi connectivity index (χ3v) is 4.36. The van der Waals surface area contributed by atoms with Gasteiger partial charge in [-0.15, -0.1) is 0 Å². The van der Waals surface area contributed by atoms with Crippen LogP contribution in [0.15, 0.2) is 48.5 Å². The lowest BCUT2D eigenvalue weighted by atomic mass is 10.1. The number of para-hydroxylation sites is 1. The second-order valence-electron chi connectivity index (χ2n) is 6.33. The van der Waals surface area contributed by atoms with Gasteiger partial charge in [0, 0.05) is 20.1 Å². The van der Waals surface area contributed by atoms with Gasteiger partial charge in [-0.1, -0.05) is 30.3 Å². The van der Waals surface area contributed by atoms with E-state index in [1.807, 2.05) is 55.5 Å². The lowest BCUT2D eigenvalue weighted by molar-refractivity contribution is -0.142. The summed E-state index contributed by atoms with van der Waals surface area (Å²) in [6, 6.07) is 15.1. The second-order valence-corrected chi connectivity index (χ2v) is 6.33. The van der Waals surface area contributed by atoms with E-state index in [9.17, 15) is 14.4 Å². The number of benzene rings is 2. The van der Waals surface area contributed by atoms with Crippen LogP contribution in [0.2, 0.25) is 0 Å². The molecule has 134 valence electrons. The highest BCUT2D eigenvalue weighted by Gasteiger charge is 2.41. The summed E-state index contributed by atoms with van der Waals surface area (Å²) >= 11 is 0. The Labute approximate surface area is 151 Å². The van der Waals surface area contributed by atoms with Crippen LogP contribution in [0, 0.1) is 12.8 Å². The van der Waals surface area contributed by atoms with E-state index < -0.39 is 23.5 Å². The zero-order valence-electron chi connectivity index (χ0n) is 14.7. The molecule has 0 aromatic heterocycles. The number of amides is 2. The molecule has 2 aromatic rings. The van der Waals surface area contributed by atoms with Gasteiger partial charge in [-0.05, 0) is 36.2 Å². The Bertz CT molecular complexity index is 845. The standard InChI is InChI=1S/C20H20N2O4/c1-13-5-3-4-6-17(13)26-15-9-7-14(8-10-15)11-21-19(24)16-12-22(2)20(25)18(16)23/h3-10,16H,11-12H2,1-2H3,(H,21,24). The summed E-state index contributed by atoms with van der Waals surface area (Å²) in [6.45, 7) is 2.39. The summed E-state index contributed by atoms with van der Waals surface area (Å²) in [6.07, 6.45) is 0. The van der Waals surface area contributed by atoms with Gasteiger partial charge >= 0.3 is 0 Å². The Balaban J connectivity index is 1.56. The first-order valence-electron chi connectivity index (χ1n) is 8.35. The molecule has 3 rings (SSSR count). The predicted octanol–water partition coefficient (Wildman–Crippen LogP) is 2.06. The number of hydrogen-bond donors (Lipinski definition) is 1. The van der Waals surface area contributed by atoms with Gasteiger partial charge in [-0.25, -0.2) is 0 Å². The molecule has 2 amide bonds. The number of carbonyl (C=O) groups excluding carboxylic acids is 3. The molecule has 1 atom stereocenters. The van der Waals surface area contributed by atoms with E-state index in [1.54, 1.807) is 0 Å². The summed E-state index contributed by atoms with van der Waals surface area (Å²) in [5, 5.41) is 2.71. The Morgan fingerprint density at radius 3 is 2.46 bits per heavy atom. The molecule has 1 aliphatic heterocycles. The molecule has 1 N–H and O–H groups in total. The van der Waals surface area contributed by atoms with Crippen LogP contribution >= 0.6 is 0 Å². The maximum absolute atomic E-state index is 12.1. The topological polar surface area (TPSA) is 75.7 Å². The zero-order valence-corrected chi connectivity index (χ0v) is 14.7. The summed E-state index contributed by atoms with van der Waals surface area (Å²) in [5.74, 6) is -1.10. The molecule has 0 saturated carbocycles. The number of rotatable bonds is 5. The first-order valence-corrected chi connectivity index (χ1v) is 8.35. The average molecular weight is 352 g/mol.